The standard InChI is InChI=1S/C20H19N3O4/c1-27-13-6-4-5-12(9-13)15-10-23(11-16(15)20(25)26)19(24)18-14-7-2-3-8-17(14)21-22-18/h2-9,15-16H,10-11H2,1H3,(H,21,22)(H,25,26)/t15-,16+/m0/s1. The highest BCUT2D eigenvalue weighted by Crippen LogP contribution is 2.35. The van der Waals surface area contributed by atoms with Crippen LogP contribution in [-0.2, 0) is 4.79 Å². The molecule has 1 fully saturated rings. The second kappa shape index (κ2) is 6.75. The van der Waals surface area contributed by atoms with E-state index in [0.29, 0.717) is 18.0 Å². The van der Waals surface area contributed by atoms with Gasteiger partial charge in [0.25, 0.3) is 5.91 Å². The normalized spacial score (nSPS) is 19.4. The number of carbonyl (C=O) groups is 2. The second-order valence-electron chi connectivity index (χ2n) is 6.66. The van der Waals surface area contributed by atoms with E-state index in [1.165, 1.54) is 0 Å². The van der Waals surface area contributed by atoms with Gasteiger partial charge in [0, 0.05) is 24.4 Å². The Balaban J connectivity index is 1.65. The molecule has 0 spiro atoms. The molecule has 3 aromatic rings. The van der Waals surface area contributed by atoms with Gasteiger partial charge in [-0.05, 0) is 23.8 Å². The number of likely N-dealkylation sites (tertiary alicyclic amines) is 1. The van der Waals surface area contributed by atoms with Crippen LogP contribution in [0.25, 0.3) is 10.9 Å². The number of amides is 1. The van der Waals surface area contributed by atoms with Crippen molar-refractivity contribution in [3.05, 3.63) is 59.8 Å². The van der Waals surface area contributed by atoms with Gasteiger partial charge in [0.1, 0.15) is 5.75 Å². The molecule has 7 nitrogen and oxygen atoms in total. The third-order valence-electron chi connectivity index (χ3n) is 5.12. The lowest BCUT2D eigenvalue weighted by Gasteiger charge is -2.16. The highest BCUT2D eigenvalue weighted by Gasteiger charge is 2.41. The van der Waals surface area contributed by atoms with E-state index < -0.39 is 11.9 Å². The summed E-state index contributed by atoms with van der Waals surface area (Å²) in [5, 5.41) is 17.4. The first-order chi connectivity index (χ1) is 13.1. The van der Waals surface area contributed by atoms with Crippen LogP contribution in [0.1, 0.15) is 22.0 Å². The van der Waals surface area contributed by atoms with Crippen LogP contribution in [0.2, 0.25) is 0 Å². The first-order valence-electron chi connectivity index (χ1n) is 8.67. The van der Waals surface area contributed by atoms with Crippen molar-refractivity contribution in [2.24, 2.45) is 5.92 Å². The van der Waals surface area contributed by atoms with Crippen molar-refractivity contribution in [1.29, 1.82) is 0 Å². The summed E-state index contributed by atoms with van der Waals surface area (Å²) in [5.74, 6) is -1.48. The van der Waals surface area contributed by atoms with Gasteiger partial charge in [-0.15, -0.1) is 0 Å². The highest BCUT2D eigenvalue weighted by molar-refractivity contribution is 6.04. The quantitative estimate of drug-likeness (QED) is 0.741. The van der Waals surface area contributed by atoms with E-state index in [2.05, 4.69) is 10.2 Å². The summed E-state index contributed by atoms with van der Waals surface area (Å²) in [6.45, 7) is 0.474. The monoisotopic (exact) mass is 365 g/mol. The zero-order chi connectivity index (χ0) is 19.0. The van der Waals surface area contributed by atoms with E-state index in [-0.39, 0.29) is 18.4 Å². The lowest BCUT2D eigenvalue weighted by atomic mass is 9.89. The van der Waals surface area contributed by atoms with E-state index >= 15 is 0 Å². The lowest BCUT2D eigenvalue weighted by molar-refractivity contribution is -0.141. The molecule has 0 bridgehead atoms. The molecule has 138 valence electrons. The number of methoxy groups -OCH3 is 1. The number of rotatable bonds is 4. The number of benzene rings is 2. The summed E-state index contributed by atoms with van der Waals surface area (Å²) < 4.78 is 5.25. The van der Waals surface area contributed by atoms with E-state index in [9.17, 15) is 14.7 Å². The van der Waals surface area contributed by atoms with Crippen LogP contribution < -0.4 is 4.74 Å². The fourth-order valence-electron chi connectivity index (χ4n) is 3.71. The van der Waals surface area contributed by atoms with E-state index in [0.717, 1.165) is 16.5 Å². The Kier molecular flexibility index (Phi) is 4.27. The average molecular weight is 365 g/mol. The molecule has 2 heterocycles. The number of ether oxygens (including phenoxy) is 1. The van der Waals surface area contributed by atoms with Crippen LogP contribution in [0.15, 0.2) is 48.5 Å². The van der Waals surface area contributed by atoms with Crippen LogP contribution in [0.5, 0.6) is 5.75 Å². The molecule has 0 unspecified atom stereocenters. The van der Waals surface area contributed by atoms with Crippen LogP contribution in [0, 0.1) is 5.92 Å². The molecular formula is C20H19N3O4. The predicted octanol–water partition coefficient (Wildman–Crippen LogP) is 2.51. The Labute approximate surface area is 155 Å². The van der Waals surface area contributed by atoms with Gasteiger partial charge < -0.3 is 14.7 Å². The maximum absolute atomic E-state index is 13.0. The fourth-order valence-corrected chi connectivity index (χ4v) is 3.71. The van der Waals surface area contributed by atoms with Gasteiger partial charge in [-0.1, -0.05) is 30.3 Å². The minimum Gasteiger partial charge on any atom is -0.497 e. The van der Waals surface area contributed by atoms with Crippen LogP contribution in [0.3, 0.4) is 0 Å². The smallest absolute Gasteiger partial charge is 0.308 e. The van der Waals surface area contributed by atoms with Crippen molar-refractivity contribution in [2.45, 2.75) is 5.92 Å². The maximum atomic E-state index is 13.0. The van der Waals surface area contributed by atoms with Crippen molar-refractivity contribution in [3.63, 3.8) is 0 Å². The number of carbonyl (C=O) groups excluding carboxylic acids is 1. The maximum Gasteiger partial charge on any atom is 0.308 e. The lowest BCUT2D eigenvalue weighted by Crippen LogP contribution is -2.30. The second-order valence-corrected chi connectivity index (χ2v) is 6.66. The highest BCUT2D eigenvalue weighted by atomic mass is 16.5. The Hall–Kier alpha value is -3.35. The Morgan fingerprint density at radius 1 is 1.19 bits per heavy atom. The Morgan fingerprint density at radius 2 is 2.00 bits per heavy atom. The van der Waals surface area contributed by atoms with Gasteiger partial charge in [-0.3, -0.25) is 14.7 Å². The molecule has 2 aromatic carbocycles. The fraction of sp³-hybridized carbons (Fsp3) is 0.250. The molecule has 1 aromatic heterocycles. The average Bonchev–Trinajstić information content (AvgIpc) is 3.32. The van der Waals surface area contributed by atoms with Crippen molar-refractivity contribution in [3.8, 4) is 5.75 Å². The number of carboxylic acids is 1. The molecular weight excluding hydrogens is 346 g/mol. The molecule has 7 heteroatoms. The molecule has 1 saturated heterocycles. The van der Waals surface area contributed by atoms with Crippen molar-refractivity contribution in [1.82, 2.24) is 15.1 Å². The topological polar surface area (TPSA) is 95.5 Å². The van der Waals surface area contributed by atoms with E-state index in [1.807, 2.05) is 48.5 Å². The molecule has 4 rings (SSSR count). The van der Waals surface area contributed by atoms with E-state index in [1.54, 1.807) is 12.0 Å². The number of para-hydroxylation sites is 1. The SMILES string of the molecule is COc1cccc([C@@H]2CN(C(=O)c3n[nH]c4ccccc34)C[C@H]2C(=O)O)c1. The third-order valence-corrected chi connectivity index (χ3v) is 5.12. The predicted molar refractivity (Wildman–Crippen MR) is 98.9 cm³/mol. The van der Waals surface area contributed by atoms with Gasteiger partial charge in [0.15, 0.2) is 5.69 Å². The summed E-state index contributed by atoms with van der Waals surface area (Å²) in [7, 11) is 1.57. The summed E-state index contributed by atoms with van der Waals surface area (Å²) >= 11 is 0. The summed E-state index contributed by atoms with van der Waals surface area (Å²) in [6.07, 6.45) is 0. The number of aliphatic carboxylic acids is 1. The molecule has 1 aliphatic rings. The number of hydrogen-bond donors (Lipinski definition) is 2. The molecule has 1 amide bonds. The molecule has 27 heavy (non-hydrogen) atoms. The minimum absolute atomic E-state index is 0.150. The number of hydrogen-bond acceptors (Lipinski definition) is 4. The number of aromatic amines is 1. The van der Waals surface area contributed by atoms with Gasteiger partial charge in [0.2, 0.25) is 0 Å². The molecule has 0 aliphatic carbocycles. The molecule has 2 N–H and O–H groups in total. The molecule has 0 radical (unpaired) electrons. The minimum atomic E-state index is -0.912. The van der Waals surface area contributed by atoms with Crippen LogP contribution >= 0.6 is 0 Å². The zero-order valence-electron chi connectivity index (χ0n) is 14.8. The van der Waals surface area contributed by atoms with Gasteiger partial charge in [-0.2, -0.15) is 5.10 Å². The zero-order valence-corrected chi connectivity index (χ0v) is 14.8. The van der Waals surface area contributed by atoms with Gasteiger partial charge in [-0.25, -0.2) is 0 Å². The number of nitrogens with one attached hydrogen (secondary N) is 1. The molecule has 1 aliphatic heterocycles. The number of fused-ring (bicyclic) bond motifs is 1. The van der Waals surface area contributed by atoms with Crippen molar-refractivity contribution < 1.29 is 19.4 Å². The number of H-pyrrole nitrogens is 1. The van der Waals surface area contributed by atoms with Crippen LogP contribution in [0.4, 0.5) is 0 Å². The molecule has 2 atom stereocenters. The summed E-state index contributed by atoms with van der Waals surface area (Å²) in [6, 6.07) is 14.7. The summed E-state index contributed by atoms with van der Waals surface area (Å²) in [4.78, 5) is 26.4. The number of carboxylic acid groups (broad SMARTS) is 1. The Morgan fingerprint density at radius 3 is 2.78 bits per heavy atom. The van der Waals surface area contributed by atoms with Crippen LogP contribution in [-0.4, -0.2) is 52.3 Å². The Bertz CT molecular complexity index is 1010. The van der Waals surface area contributed by atoms with Gasteiger partial charge in [0.05, 0.1) is 18.5 Å². The first kappa shape index (κ1) is 17.1. The summed E-state index contributed by atoms with van der Waals surface area (Å²) in [5.41, 5.74) is 1.95. The van der Waals surface area contributed by atoms with Crippen molar-refractivity contribution >= 4 is 22.8 Å². The number of aromatic nitrogens is 2. The number of nitrogens with zero attached hydrogens (tertiary/aromatic N) is 2. The largest absolute Gasteiger partial charge is 0.497 e. The third kappa shape index (κ3) is 3.01. The van der Waals surface area contributed by atoms with Gasteiger partial charge >= 0.3 is 5.97 Å². The van der Waals surface area contributed by atoms with E-state index in [4.69, 9.17) is 4.74 Å². The molecule has 0 saturated carbocycles. The van der Waals surface area contributed by atoms with Crippen molar-refractivity contribution in [2.75, 3.05) is 20.2 Å². The first-order valence-corrected chi connectivity index (χ1v) is 8.67.